The first-order valence-corrected chi connectivity index (χ1v) is 9.50. The summed E-state index contributed by atoms with van der Waals surface area (Å²) in [5, 5.41) is 12.6. The summed E-state index contributed by atoms with van der Waals surface area (Å²) in [5.41, 5.74) is 1.27. The van der Waals surface area contributed by atoms with Gasteiger partial charge in [-0.05, 0) is 42.3 Å². The number of likely N-dealkylation sites (tertiary alicyclic amines) is 1. The van der Waals surface area contributed by atoms with Crippen LogP contribution in [-0.2, 0) is 17.3 Å². The number of carbonyl (C=O) groups excluding carboxylic acids is 2. The van der Waals surface area contributed by atoms with Crippen LogP contribution in [0, 0.1) is 0 Å². The van der Waals surface area contributed by atoms with E-state index in [0.29, 0.717) is 24.4 Å². The first-order valence-electron chi connectivity index (χ1n) is 9.50. The molecule has 3 heterocycles. The third kappa shape index (κ3) is 2.40. The molecular formula is C22H20N4O3. The Balaban J connectivity index is 1.67. The maximum atomic E-state index is 13.4. The highest BCUT2D eigenvalue weighted by Gasteiger charge is 2.60. The average Bonchev–Trinajstić information content (AvgIpc) is 3.39. The summed E-state index contributed by atoms with van der Waals surface area (Å²) in [5.74, 6) is 0.477. The molecule has 0 bridgehead atoms. The fourth-order valence-electron chi connectivity index (χ4n) is 4.67. The summed E-state index contributed by atoms with van der Waals surface area (Å²) in [4.78, 5) is 33.0. The number of anilines is 1. The van der Waals surface area contributed by atoms with E-state index in [2.05, 4.69) is 10.3 Å². The molecule has 1 fully saturated rings. The van der Waals surface area contributed by atoms with Crippen LogP contribution in [0.3, 0.4) is 0 Å². The Kier molecular flexibility index (Phi) is 3.74. The number of hydrogen-bond acceptors (Lipinski definition) is 4. The van der Waals surface area contributed by atoms with Gasteiger partial charge in [0.05, 0.1) is 0 Å². The van der Waals surface area contributed by atoms with Crippen LogP contribution in [0.2, 0.25) is 0 Å². The molecule has 2 aromatic carbocycles. The third-order valence-electron chi connectivity index (χ3n) is 6.06. The molecule has 0 saturated carbocycles. The molecule has 1 aromatic heterocycles. The van der Waals surface area contributed by atoms with Crippen molar-refractivity contribution >= 4 is 17.5 Å². The zero-order valence-corrected chi connectivity index (χ0v) is 15.9. The number of rotatable bonds is 2. The summed E-state index contributed by atoms with van der Waals surface area (Å²) >= 11 is 0. The number of amides is 2. The van der Waals surface area contributed by atoms with Gasteiger partial charge in [0.2, 0.25) is 5.91 Å². The Morgan fingerprint density at radius 1 is 1.21 bits per heavy atom. The number of imidazole rings is 1. The SMILES string of the molecule is Cn1ccnc1C1N(C(=O)c2ccc(O)cc2)CCC12C(=O)Nc1ccccc12. The highest BCUT2D eigenvalue weighted by atomic mass is 16.3. The molecule has 3 aromatic rings. The molecule has 0 aliphatic carbocycles. The molecule has 29 heavy (non-hydrogen) atoms. The first kappa shape index (κ1) is 17.5. The molecule has 2 unspecified atom stereocenters. The number of fused-ring (bicyclic) bond motifs is 2. The Hall–Kier alpha value is -3.61. The molecular weight excluding hydrogens is 368 g/mol. The number of carbonyl (C=O) groups is 2. The molecule has 2 amide bonds. The molecule has 1 saturated heterocycles. The van der Waals surface area contributed by atoms with E-state index in [1.54, 1.807) is 23.2 Å². The fraction of sp³-hybridized carbons (Fsp3) is 0.227. The second-order valence-corrected chi connectivity index (χ2v) is 7.57. The Labute approximate surface area is 167 Å². The molecule has 1 spiro atoms. The van der Waals surface area contributed by atoms with Crippen molar-refractivity contribution in [3.8, 4) is 5.75 Å². The van der Waals surface area contributed by atoms with Gasteiger partial charge in [0, 0.05) is 37.2 Å². The van der Waals surface area contributed by atoms with Gasteiger partial charge in [0.1, 0.15) is 23.0 Å². The molecule has 7 heteroatoms. The largest absolute Gasteiger partial charge is 0.508 e. The van der Waals surface area contributed by atoms with Crippen LogP contribution < -0.4 is 5.32 Å². The first-order chi connectivity index (χ1) is 14.0. The molecule has 0 radical (unpaired) electrons. The van der Waals surface area contributed by atoms with E-state index in [0.717, 1.165) is 11.3 Å². The van der Waals surface area contributed by atoms with Gasteiger partial charge in [-0.1, -0.05) is 18.2 Å². The summed E-state index contributed by atoms with van der Waals surface area (Å²) in [6, 6.07) is 13.3. The van der Waals surface area contributed by atoms with Crippen LogP contribution in [0.5, 0.6) is 5.75 Å². The van der Waals surface area contributed by atoms with Gasteiger partial charge in [0.15, 0.2) is 0 Å². The van der Waals surface area contributed by atoms with Gasteiger partial charge in [-0.25, -0.2) is 4.98 Å². The lowest BCUT2D eigenvalue weighted by Crippen LogP contribution is -2.43. The van der Waals surface area contributed by atoms with Crippen molar-refractivity contribution in [1.29, 1.82) is 0 Å². The van der Waals surface area contributed by atoms with Crippen LogP contribution in [0.1, 0.15) is 34.2 Å². The number of para-hydroxylation sites is 1. The van der Waals surface area contributed by atoms with Crippen molar-refractivity contribution in [3.05, 3.63) is 77.9 Å². The minimum Gasteiger partial charge on any atom is -0.508 e. The molecule has 2 aliphatic heterocycles. The molecule has 7 nitrogen and oxygen atoms in total. The van der Waals surface area contributed by atoms with Crippen LogP contribution in [0.25, 0.3) is 0 Å². The van der Waals surface area contributed by atoms with Crippen molar-refractivity contribution in [3.63, 3.8) is 0 Å². The standard InChI is InChI=1S/C22H20N4O3/c1-25-13-11-23-19(25)18-22(16-4-2-3-5-17(16)24-21(22)29)10-12-26(18)20(28)14-6-8-15(27)9-7-14/h2-9,11,13,18,27H,10,12H2,1H3,(H,24,29). The highest BCUT2D eigenvalue weighted by Crippen LogP contribution is 2.54. The normalized spacial score (nSPS) is 22.7. The number of nitrogens with zero attached hydrogens (tertiary/aromatic N) is 3. The zero-order chi connectivity index (χ0) is 20.2. The summed E-state index contributed by atoms with van der Waals surface area (Å²) in [6.07, 6.45) is 4.02. The van der Waals surface area contributed by atoms with Gasteiger partial charge in [-0.15, -0.1) is 0 Å². The third-order valence-corrected chi connectivity index (χ3v) is 6.06. The maximum Gasteiger partial charge on any atom is 0.254 e. The molecule has 5 rings (SSSR count). The fourth-order valence-corrected chi connectivity index (χ4v) is 4.67. The van der Waals surface area contributed by atoms with Gasteiger partial charge in [0.25, 0.3) is 5.91 Å². The topological polar surface area (TPSA) is 87.5 Å². The zero-order valence-electron chi connectivity index (χ0n) is 15.9. The minimum absolute atomic E-state index is 0.101. The van der Waals surface area contributed by atoms with E-state index in [4.69, 9.17) is 0 Å². The number of aromatic hydroxyl groups is 1. The van der Waals surface area contributed by atoms with E-state index in [1.807, 2.05) is 42.1 Å². The summed E-state index contributed by atoms with van der Waals surface area (Å²) < 4.78 is 1.86. The van der Waals surface area contributed by atoms with Crippen molar-refractivity contribution < 1.29 is 14.7 Å². The second kappa shape index (κ2) is 6.20. The van der Waals surface area contributed by atoms with Crippen molar-refractivity contribution in [2.24, 2.45) is 7.05 Å². The van der Waals surface area contributed by atoms with Crippen molar-refractivity contribution in [2.45, 2.75) is 17.9 Å². The van der Waals surface area contributed by atoms with Crippen molar-refractivity contribution in [1.82, 2.24) is 14.5 Å². The highest BCUT2D eigenvalue weighted by molar-refractivity contribution is 6.08. The number of aromatic nitrogens is 2. The predicted molar refractivity (Wildman–Crippen MR) is 106 cm³/mol. The van der Waals surface area contributed by atoms with Crippen LogP contribution in [0.4, 0.5) is 5.69 Å². The van der Waals surface area contributed by atoms with Gasteiger partial charge < -0.3 is 19.9 Å². The van der Waals surface area contributed by atoms with E-state index in [9.17, 15) is 14.7 Å². The summed E-state index contributed by atoms with van der Waals surface area (Å²) in [6.45, 7) is 0.430. The smallest absolute Gasteiger partial charge is 0.254 e. The Morgan fingerprint density at radius 3 is 2.69 bits per heavy atom. The summed E-state index contributed by atoms with van der Waals surface area (Å²) in [7, 11) is 1.87. The van der Waals surface area contributed by atoms with Crippen LogP contribution >= 0.6 is 0 Å². The second-order valence-electron chi connectivity index (χ2n) is 7.57. The lowest BCUT2D eigenvalue weighted by Gasteiger charge is -2.33. The molecule has 2 N–H and O–H groups in total. The Morgan fingerprint density at radius 2 is 1.97 bits per heavy atom. The van der Waals surface area contributed by atoms with E-state index < -0.39 is 11.5 Å². The number of aryl methyl sites for hydroxylation is 1. The van der Waals surface area contributed by atoms with E-state index in [1.165, 1.54) is 12.1 Å². The molecule has 146 valence electrons. The predicted octanol–water partition coefficient (Wildman–Crippen LogP) is 2.60. The number of phenolic OH excluding ortho intramolecular Hbond substituents is 1. The molecule has 2 atom stereocenters. The van der Waals surface area contributed by atoms with Gasteiger partial charge in [-0.2, -0.15) is 0 Å². The Bertz CT molecular complexity index is 1120. The minimum atomic E-state index is -0.887. The number of hydrogen-bond donors (Lipinski definition) is 2. The van der Waals surface area contributed by atoms with Gasteiger partial charge in [-0.3, -0.25) is 9.59 Å². The number of phenols is 1. The average molecular weight is 388 g/mol. The quantitative estimate of drug-likeness (QED) is 0.706. The van der Waals surface area contributed by atoms with Crippen LogP contribution in [-0.4, -0.2) is 37.9 Å². The molecule has 2 aliphatic rings. The van der Waals surface area contributed by atoms with Gasteiger partial charge >= 0.3 is 0 Å². The lowest BCUT2D eigenvalue weighted by atomic mass is 9.74. The van der Waals surface area contributed by atoms with E-state index >= 15 is 0 Å². The maximum absolute atomic E-state index is 13.4. The van der Waals surface area contributed by atoms with Crippen molar-refractivity contribution in [2.75, 3.05) is 11.9 Å². The van der Waals surface area contributed by atoms with E-state index in [-0.39, 0.29) is 17.6 Å². The number of benzene rings is 2. The lowest BCUT2D eigenvalue weighted by molar-refractivity contribution is -0.121. The number of nitrogens with one attached hydrogen (secondary N) is 1. The van der Waals surface area contributed by atoms with Crippen LogP contribution in [0.15, 0.2) is 60.9 Å². The monoisotopic (exact) mass is 388 g/mol.